The molecule has 1 aromatic heterocycles. The predicted octanol–water partition coefficient (Wildman–Crippen LogP) is -5.67. The summed E-state index contributed by atoms with van der Waals surface area (Å²) >= 11 is 0. The number of amides is 4. The first-order valence-corrected chi connectivity index (χ1v) is 13.7. The molecule has 0 saturated carbocycles. The third kappa shape index (κ3) is 12.3. The molecular formula is C27H36CuN8O8. The molecular weight excluding hydrogens is 628 g/mol. The van der Waals surface area contributed by atoms with Gasteiger partial charge >= 0.3 is 17.1 Å². The number of carbonyl (C=O) groups is 6. The number of carbonyl (C=O) groups excluding carboxylic acids is 6. The summed E-state index contributed by atoms with van der Waals surface area (Å²) in [4.78, 5) is 79.3. The van der Waals surface area contributed by atoms with Gasteiger partial charge in [0.2, 0.25) is 23.6 Å². The van der Waals surface area contributed by atoms with Crippen LogP contribution in [0.1, 0.15) is 5.56 Å². The van der Waals surface area contributed by atoms with Crippen molar-refractivity contribution in [3.63, 3.8) is 0 Å². The Hall–Kier alpha value is -4.02. The second kappa shape index (κ2) is 17.9. The second-order valence-electron chi connectivity index (χ2n) is 10.2. The van der Waals surface area contributed by atoms with Gasteiger partial charge in [-0.1, -0.05) is 18.2 Å². The van der Waals surface area contributed by atoms with E-state index in [9.17, 15) is 39.0 Å². The number of benzene rings is 1. The molecule has 6 N–H and O–H groups in total. The summed E-state index contributed by atoms with van der Waals surface area (Å²) in [6.07, 6.45) is 1.89. The van der Waals surface area contributed by atoms with E-state index in [1.54, 1.807) is 20.9 Å². The van der Waals surface area contributed by atoms with Crippen LogP contribution in [0.5, 0.6) is 0 Å². The molecule has 0 unspecified atom stereocenters. The first kappa shape index (κ1) is 36.2. The van der Waals surface area contributed by atoms with Crippen LogP contribution in [-0.4, -0.2) is 133 Å². The van der Waals surface area contributed by atoms with Crippen molar-refractivity contribution in [3.05, 3.63) is 36.0 Å². The zero-order chi connectivity index (χ0) is 31.4. The standard InChI is InChI=1S/C27H38N8O8.Cu/c28-27(43)21(11-18-12-29-20-4-2-1-3-19(18)20)32-23(37)14-30-22(36)13-31-24(38)15-33-5-7-34(16-25(39)40)9-10-35(8-6-33)17-26(41)42;/h1-4,12,21,29H,5-11,13-17H2,(H2,28,43)(H,30,36)(H,31,38)(H,32,37)(H,39,40)(H,41,42);/q;+2/p-2/t21-;/m0./s1. The van der Waals surface area contributed by atoms with Crippen LogP contribution in [0, 0.1) is 0 Å². The van der Waals surface area contributed by atoms with Crippen LogP contribution in [0.15, 0.2) is 30.5 Å². The van der Waals surface area contributed by atoms with Crippen LogP contribution in [0.4, 0.5) is 0 Å². The summed E-state index contributed by atoms with van der Waals surface area (Å²) < 4.78 is 0. The van der Waals surface area contributed by atoms with E-state index in [1.807, 2.05) is 24.3 Å². The minimum absolute atomic E-state index is 0. The summed E-state index contributed by atoms with van der Waals surface area (Å²) in [6.45, 7) is 0.217. The third-order valence-corrected chi connectivity index (χ3v) is 6.94. The number of aromatic nitrogens is 1. The topological polar surface area (TPSA) is 236 Å². The number of nitrogens with one attached hydrogen (secondary N) is 4. The number of primary amides is 1. The molecule has 2 heterocycles. The first-order valence-electron chi connectivity index (χ1n) is 13.7. The molecule has 1 atom stereocenters. The molecule has 1 aromatic carbocycles. The SMILES string of the molecule is NC(=O)[C@H](Cc1c[nH]c2ccccc12)NC(=O)CNC(=O)CNC(=O)CN1CCN(CC(=O)[O-])CCN(CC(=O)[O-])CC1.[Cu+2]. The number of para-hydroxylation sites is 1. The molecule has 0 aliphatic carbocycles. The van der Waals surface area contributed by atoms with E-state index in [4.69, 9.17) is 5.73 Å². The maximum absolute atomic E-state index is 12.5. The number of aliphatic carboxylic acids is 2. The molecule has 1 aliphatic rings. The first-order chi connectivity index (χ1) is 20.5. The molecule has 1 saturated heterocycles. The van der Waals surface area contributed by atoms with Crippen molar-refractivity contribution in [3.8, 4) is 0 Å². The molecule has 1 fully saturated rings. The van der Waals surface area contributed by atoms with E-state index in [2.05, 4.69) is 20.9 Å². The molecule has 0 spiro atoms. The van der Waals surface area contributed by atoms with E-state index >= 15 is 0 Å². The molecule has 2 aromatic rings. The average Bonchev–Trinajstić information content (AvgIpc) is 3.38. The molecule has 17 heteroatoms. The monoisotopic (exact) mass is 663 g/mol. The number of hydrogen-bond donors (Lipinski definition) is 5. The number of nitrogens with two attached hydrogens (primary N) is 1. The number of fused-ring (bicyclic) bond motifs is 1. The quantitative estimate of drug-likeness (QED) is 0.119. The van der Waals surface area contributed by atoms with E-state index in [0.717, 1.165) is 16.5 Å². The van der Waals surface area contributed by atoms with Crippen molar-refractivity contribution in [2.75, 3.05) is 72.0 Å². The third-order valence-electron chi connectivity index (χ3n) is 6.94. The average molecular weight is 664 g/mol. The molecule has 3 rings (SSSR count). The zero-order valence-electron chi connectivity index (χ0n) is 23.9. The summed E-state index contributed by atoms with van der Waals surface area (Å²) in [5, 5.41) is 30.4. The summed E-state index contributed by atoms with van der Waals surface area (Å²) in [6, 6.07) is 6.47. The minimum atomic E-state index is -1.27. The molecule has 4 amide bonds. The maximum atomic E-state index is 12.5. The number of aromatic amines is 1. The van der Waals surface area contributed by atoms with Crippen molar-refractivity contribution in [2.24, 2.45) is 5.73 Å². The number of carboxylic acid groups (broad SMARTS) is 2. The summed E-state index contributed by atoms with van der Waals surface area (Å²) in [7, 11) is 0. The van der Waals surface area contributed by atoms with E-state index in [-0.39, 0.29) is 43.1 Å². The number of H-pyrrole nitrogens is 1. The molecule has 1 radical (unpaired) electrons. The zero-order valence-corrected chi connectivity index (χ0v) is 24.9. The van der Waals surface area contributed by atoms with Crippen LogP contribution in [-0.2, 0) is 52.3 Å². The van der Waals surface area contributed by atoms with Crippen LogP contribution in [0.25, 0.3) is 10.9 Å². The van der Waals surface area contributed by atoms with Crippen LogP contribution >= 0.6 is 0 Å². The van der Waals surface area contributed by atoms with Crippen molar-refractivity contribution in [2.45, 2.75) is 12.5 Å². The Kier molecular flexibility index (Phi) is 14.8. The normalized spacial score (nSPS) is 15.5. The number of hydrogen-bond acceptors (Lipinski definition) is 11. The summed E-state index contributed by atoms with van der Waals surface area (Å²) in [5.74, 6) is -5.04. The Morgan fingerprint density at radius 3 is 1.82 bits per heavy atom. The minimum Gasteiger partial charge on any atom is -0.549 e. The van der Waals surface area contributed by atoms with Gasteiger partial charge in [0.05, 0.1) is 31.6 Å². The van der Waals surface area contributed by atoms with Gasteiger partial charge in [-0.2, -0.15) is 0 Å². The summed E-state index contributed by atoms with van der Waals surface area (Å²) in [5.41, 5.74) is 7.14. The van der Waals surface area contributed by atoms with E-state index < -0.39 is 54.7 Å². The van der Waals surface area contributed by atoms with Crippen molar-refractivity contribution < 1.29 is 56.0 Å². The van der Waals surface area contributed by atoms with Gasteiger partial charge in [0, 0.05) is 75.9 Å². The Balaban J connectivity index is 0.00000675. The van der Waals surface area contributed by atoms with Crippen LogP contribution < -0.4 is 31.9 Å². The van der Waals surface area contributed by atoms with Gasteiger partial charge in [-0.15, -0.1) is 0 Å². The Morgan fingerprint density at radius 1 is 0.773 bits per heavy atom. The van der Waals surface area contributed by atoms with Gasteiger partial charge in [0.25, 0.3) is 0 Å². The Morgan fingerprint density at radius 2 is 1.27 bits per heavy atom. The number of rotatable bonds is 14. The van der Waals surface area contributed by atoms with Gasteiger partial charge in [0.15, 0.2) is 0 Å². The van der Waals surface area contributed by atoms with Crippen LogP contribution in [0.3, 0.4) is 0 Å². The van der Waals surface area contributed by atoms with Gasteiger partial charge in [-0.25, -0.2) is 0 Å². The van der Waals surface area contributed by atoms with Crippen molar-refractivity contribution in [1.82, 2.24) is 35.6 Å². The predicted molar refractivity (Wildman–Crippen MR) is 148 cm³/mol. The molecule has 16 nitrogen and oxygen atoms in total. The molecule has 0 bridgehead atoms. The van der Waals surface area contributed by atoms with Gasteiger partial charge in [-0.3, -0.25) is 33.9 Å². The van der Waals surface area contributed by atoms with Gasteiger partial charge in [0.1, 0.15) is 6.04 Å². The van der Waals surface area contributed by atoms with Crippen LogP contribution in [0.2, 0.25) is 0 Å². The molecule has 1 aliphatic heterocycles. The Bertz CT molecular complexity index is 1290. The van der Waals surface area contributed by atoms with Crippen molar-refractivity contribution >= 4 is 46.5 Å². The number of nitrogens with zero attached hydrogens (tertiary/aromatic N) is 3. The van der Waals surface area contributed by atoms with E-state index in [0.29, 0.717) is 39.3 Å². The van der Waals surface area contributed by atoms with Crippen molar-refractivity contribution in [1.29, 1.82) is 0 Å². The van der Waals surface area contributed by atoms with Gasteiger partial charge < -0.3 is 46.5 Å². The fraction of sp³-hybridized carbons (Fsp3) is 0.481. The fourth-order valence-corrected chi connectivity index (χ4v) is 4.69. The number of carboxylic acids is 2. The molecule has 243 valence electrons. The molecule has 44 heavy (non-hydrogen) atoms. The Labute approximate surface area is 264 Å². The maximum Gasteiger partial charge on any atom is 2.00 e. The van der Waals surface area contributed by atoms with Gasteiger partial charge in [-0.05, 0) is 11.6 Å². The fourth-order valence-electron chi connectivity index (χ4n) is 4.69. The second-order valence-corrected chi connectivity index (χ2v) is 10.2. The largest absolute Gasteiger partial charge is 2.00 e. The van der Waals surface area contributed by atoms with E-state index in [1.165, 1.54) is 0 Å². The smallest absolute Gasteiger partial charge is 0.549 e.